The third kappa shape index (κ3) is 1.92. The minimum atomic E-state index is 0.185. The normalized spacial score (nSPS) is 22.7. The molecule has 1 aromatic rings. The number of nitrogens with one attached hydrogen (secondary N) is 1. The van der Waals surface area contributed by atoms with E-state index >= 15 is 0 Å². The zero-order chi connectivity index (χ0) is 13.5. The van der Waals surface area contributed by atoms with Gasteiger partial charge in [0.2, 0.25) is 0 Å². The summed E-state index contributed by atoms with van der Waals surface area (Å²) in [7, 11) is 3.74. The number of rotatable bonds is 5. The lowest BCUT2D eigenvalue weighted by Crippen LogP contribution is -2.56. The van der Waals surface area contributed by atoms with Crippen molar-refractivity contribution in [2.75, 3.05) is 33.9 Å². The third-order valence-electron chi connectivity index (χ3n) is 4.79. The predicted octanol–water partition coefficient (Wildman–Crippen LogP) is 2.73. The van der Waals surface area contributed by atoms with Gasteiger partial charge in [0.15, 0.2) is 0 Å². The summed E-state index contributed by atoms with van der Waals surface area (Å²) in [6.07, 6.45) is 2.59. The van der Waals surface area contributed by atoms with Crippen LogP contribution in [0.1, 0.15) is 18.4 Å². The predicted molar refractivity (Wildman–Crippen MR) is 78.8 cm³/mol. The van der Waals surface area contributed by atoms with Crippen LogP contribution in [-0.2, 0) is 10.2 Å². The summed E-state index contributed by atoms with van der Waals surface area (Å²) in [5.41, 5.74) is 1.94. The van der Waals surface area contributed by atoms with Crippen molar-refractivity contribution in [2.45, 2.75) is 18.3 Å². The van der Waals surface area contributed by atoms with Crippen LogP contribution in [0, 0.1) is 5.41 Å². The molecule has 0 radical (unpaired) electrons. The Balaban J connectivity index is 1.96. The molecule has 2 aliphatic rings. The van der Waals surface area contributed by atoms with Gasteiger partial charge >= 0.3 is 0 Å². The Morgan fingerprint density at radius 3 is 2.53 bits per heavy atom. The van der Waals surface area contributed by atoms with Crippen LogP contribution < -0.4 is 10.1 Å². The van der Waals surface area contributed by atoms with Crippen molar-refractivity contribution in [1.82, 2.24) is 5.32 Å². The summed E-state index contributed by atoms with van der Waals surface area (Å²) in [6, 6.07) is 6.45. The van der Waals surface area contributed by atoms with Crippen molar-refractivity contribution < 1.29 is 9.47 Å². The van der Waals surface area contributed by atoms with Gasteiger partial charge in [0.05, 0.1) is 24.8 Å². The van der Waals surface area contributed by atoms with Crippen LogP contribution in [0.5, 0.6) is 5.75 Å². The van der Waals surface area contributed by atoms with E-state index in [-0.39, 0.29) is 5.41 Å². The van der Waals surface area contributed by atoms with Gasteiger partial charge in [-0.2, -0.15) is 0 Å². The molecular formula is C15H20BrNO2. The van der Waals surface area contributed by atoms with E-state index in [2.05, 4.69) is 39.4 Å². The summed E-state index contributed by atoms with van der Waals surface area (Å²) in [5, 5.41) is 3.36. The van der Waals surface area contributed by atoms with E-state index < -0.39 is 0 Å². The molecule has 1 saturated heterocycles. The fraction of sp³-hybridized carbons (Fsp3) is 0.600. The monoisotopic (exact) mass is 325 g/mol. The Kier molecular flexibility index (Phi) is 3.36. The summed E-state index contributed by atoms with van der Waals surface area (Å²) in [4.78, 5) is 0. The van der Waals surface area contributed by atoms with Crippen LogP contribution in [0.2, 0.25) is 0 Å². The molecule has 19 heavy (non-hydrogen) atoms. The Morgan fingerprint density at radius 2 is 2.11 bits per heavy atom. The van der Waals surface area contributed by atoms with Gasteiger partial charge in [0, 0.05) is 12.0 Å². The van der Waals surface area contributed by atoms with E-state index in [0.29, 0.717) is 5.41 Å². The highest BCUT2D eigenvalue weighted by atomic mass is 79.9. The molecule has 0 aromatic heterocycles. The fourth-order valence-corrected chi connectivity index (χ4v) is 3.90. The summed E-state index contributed by atoms with van der Waals surface area (Å²) < 4.78 is 11.9. The smallest absolute Gasteiger partial charge is 0.133 e. The van der Waals surface area contributed by atoms with Gasteiger partial charge in [-0.25, -0.2) is 0 Å². The number of ether oxygens (including phenoxy) is 2. The van der Waals surface area contributed by atoms with Crippen molar-refractivity contribution in [3.8, 4) is 5.75 Å². The first-order valence-corrected chi connectivity index (χ1v) is 7.53. The van der Waals surface area contributed by atoms with Crippen LogP contribution in [0.3, 0.4) is 0 Å². The number of methoxy groups -OCH3 is 1. The van der Waals surface area contributed by atoms with E-state index in [4.69, 9.17) is 9.47 Å². The quantitative estimate of drug-likeness (QED) is 0.903. The number of hydrogen-bond donors (Lipinski definition) is 1. The Hall–Kier alpha value is -0.580. The van der Waals surface area contributed by atoms with Gasteiger partial charge in [-0.1, -0.05) is 6.07 Å². The Labute approximate surface area is 122 Å². The molecule has 104 valence electrons. The number of hydrogen-bond acceptors (Lipinski definition) is 3. The topological polar surface area (TPSA) is 30.5 Å². The van der Waals surface area contributed by atoms with Crippen molar-refractivity contribution in [2.24, 2.45) is 5.41 Å². The second-order valence-electron chi connectivity index (χ2n) is 5.73. The Morgan fingerprint density at radius 1 is 1.37 bits per heavy atom. The molecule has 1 saturated carbocycles. The molecule has 1 aliphatic heterocycles. The molecule has 3 rings (SSSR count). The number of benzene rings is 1. The first-order valence-electron chi connectivity index (χ1n) is 6.74. The van der Waals surface area contributed by atoms with Crippen molar-refractivity contribution in [1.29, 1.82) is 0 Å². The highest BCUT2D eigenvalue weighted by molar-refractivity contribution is 9.10. The Bertz CT molecular complexity index is 481. The molecule has 1 heterocycles. The average molecular weight is 326 g/mol. The maximum absolute atomic E-state index is 5.59. The third-order valence-corrected chi connectivity index (χ3v) is 5.40. The maximum atomic E-state index is 5.59. The van der Waals surface area contributed by atoms with E-state index in [1.165, 1.54) is 18.4 Å². The molecule has 1 aromatic carbocycles. The van der Waals surface area contributed by atoms with E-state index in [1.54, 1.807) is 7.11 Å². The van der Waals surface area contributed by atoms with E-state index in [9.17, 15) is 0 Å². The molecule has 0 spiro atoms. The summed E-state index contributed by atoms with van der Waals surface area (Å²) >= 11 is 3.60. The lowest BCUT2D eigenvalue weighted by Gasteiger charge is -2.48. The zero-order valence-electron chi connectivity index (χ0n) is 11.5. The van der Waals surface area contributed by atoms with Gasteiger partial charge in [-0.3, -0.25) is 0 Å². The molecular weight excluding hydrogens is 306 g/mol. The molecule has 1 N–H and O–H groups in total. The zero-order valence-corrected chi connectivity index (χ0v) is 13.0. The largest absolute Gasteiger partial charge is 0.496 e. The van der Waals surface area contributed by atoms with Gasteiger partial charge < -0.3 is 14.8 Å². The maximum Gasteiger partial charge on any atom is 0.133 e. The standard InChI is InChI=1S/C15H20BrNO2/c1-17-8-14(5-6-14)15(9-19-10-15)11-3-4-13(18-2)12(16)7-11/h3-4,7,17H,5-6,8-10H2,1-2H3. The first kappa shape index (κ1) is 13.4. The fourth-order valence-electron chi connectivity index (χ4n) is 3.36. The van der Waals surface area contributed by atoms with Crippen molar-refractivity contribution >= 4 is 15.9 Å². The second kappa shape index (κ2) is 4.76. The molecule has 1 aliphatic carbocycles. The molecule has 2 fully saturated rings. The van der Waals surface area contributed by atoms with Gasteiger partial charge in [0.25, 0.3) is 0 Å². The summed E-state index contributed by atoms with van der Waals surface area (Å²) in [6.45, 7) is 2.75. The van der Waals surface area contributed by atoms with Gasteiger partial charge in [-0.15, -0.1) is 0 Å². The minimum absolute atomic E-state index is 0.185. The van der Waals surface area contributed by atoms with Crippen molar-refractivity contribution in [3.63, 3.8) is 0 Å². The van der Waals surface area contributed by atoms with E-state index in [1.807, 2.05) is 7.05 Å². The average Bonchev–Trinajstić information content (AvgIpc) is 3.09. The van der Waals surface area contributed by atoms with Crippen LogP contribution in [0.4, 0.5) is 0 Å². The number of halogens is 1. The van der Waals surface area contributed by atoms with Crippen LogP contribution in [0.15, 0.2) is 22.7 Å². The minimum Gasteiger partial charge on any atom is -0.496 e. The molecule has 4 heteroatoms. The van der Waals surface area contributed by atoms with E-state index in [0.717, 1.165) is 30.0 Å². The van der Waals surface area contributed by atoms with Gasteiger partial charge in [-0.05, 0) is 58.9 Å². The van der Waals surface area contributed by atoms with Gasteiger partial charge in [0.1, 0.15) is 5.75 Å². The van der Waals surface area contributed by atoms with Crippen molar-refractivity contribution in [3.05, 3.63) is 28.2 Å². The van der Waals surface area contributed by atoms with Crippen LogP contribution in [0.25, 0.3) is 0 Å². The second-order valence-corrected chi connectivity index (χ2v) is 6.59. The van der Waals surface area contributed by atoms with Crippen LogP contribution >= 0.6 is 15.9 Å². The molecule has 3 nitrogen and oxygen atoms in total. The highest BCUT2D eigenvalue weighted by Gasteiger charge is 2.63. The highest BCUT2D eigenvalue weighted by Crippen LogP contribution is 2.62. The first-order chi connectivity index (χ1) is 9.17. The molecule has 0 amide bonds. The molecule has 0 unspecified atom stereocenters. The van der Waals surface area contributed by atoms with Crippen LogP contribution in [-0.4, -0.2) is 33.9 Å². The lowest BCUT2D eigenvalue weighted by atomic mass is 9.66. The lowest BCUT2D eigenvalue weighted by molar-refractivity contribution is -0.0986. The SMILES string of the molecule is CNCC1(C2(c3ccc(OC)c(Br)c3)COC2)CC1. The summed E-state index contributed by atoms with van der Waals surface area (Å²) in [5.74, 6) is 0.887. The molecule has 0 atom stereocenters. The molecule has 0 bridgehead atoms.